The Hall–Kier alpha value is -1.31. The van der Waals surface area contributed by atoms with Gasteiger partial charge in [0.15, 0.2) is 0 Å². The van der Waals surface area contributed by atoms with Crippen molar-refractivity contribution >= 4 is 5.97 Å². The number of aryl methyl sites for hydroxylation is 1. The Bertz CT molecular complexity index is 318. The molecule has 0 saturated carbocycles. The van der Waals surface area contributed by atoms with Gasteiger partial charge in [0.2, 0.25) is 0 Å². The Balaban J connectivity index is 2.60. The van der Waals surface area contributed by atoms with Crippen LogP contribution in [0.2, 0.25) is 0 Å². The zero-order chi connectivity index (χ0) is 10.6. The van der Waals surface area contributed by atoms with Crippen LogP contribution in [-0.4, -0.2) is 11.1 Å². The first-order chi connectivity index (χ1) is 6.59. The average Bonchev–Trinajstić information content (AvgIpc) is 2.07. The second kappa shape index (κ2) is 4.80. The summed E-state index contributed by atoms with van der Waals surface area (Å²) in [4.78, 5) is 10.5. The van der Waals surface area contributed by atoms with Gasteiger partial charge in [0.05, 0.1) is 0 Å². The molecule has 0 heterocycles. The molecule has 2 nitrogen and oxygen atoms in total. The van der Waals surface area contributed by atoms with Crippen LogP contribution in [0, 0.1) is 12.8 Å². The minimum absolute atomic E-state index is 0.202. The molecule has 0 aliphatic rings. The Morgan fingerprint density at radius 1 is 1.43 bits per heavy atom. The lowest BCUT2D eigenvalue weighted by Gasteiger charge is -2.10. The van der Waals surface area contributed by atoms with Crippen LogP contribution in [0.4, 0.5) is 0 Å². The minimum atomic E-state index is -0.717. The minimum Gasteiger partial charge on any atom is -0.481 e. The Morgan fingerprint density at radius 3 is 2.64 bits per heavy atom. The molecule has 76 valence electrons. The van der Waals surface area contributed by atoms with Gasteiger partial charge in [-0.1, -0.05) is 31.2 Å². The molecule has 1 unspecified atom stereocenters. The van der Waals surface area contributed by atoms with E-state index in [1.54, 1.807) is 0 Å². The number of carbonyl (C=O) groups is 1. The molecule has 1 N–H and O–H groups in total. The Kier molecular flexibility index (Phi) is 3.69. The fourth-order valence-corrected chi connectivity index (χ4v) is 1.58. The molecule has 2 heteroatoms. The van der Waals surface area contributed by atoms with Crippen molar-refractivity contribution in [2.45, 2.75) is 26.7 Å². The summed E-state index contributed by atoms with van der Waals surface area (Å²) in [6.07, 6.45) is 1.09. The highest BCUT2D eigenvalue weighted by Gasteiger charge is 2.09. The Labute approximate surface area is 84.6 Å². The van der Waals surface area contributed by atoms with Gasteiger partial charge in [0, 0.05) is 6.42 Å². The molecule has 1 aromatic carbocycles. The van der Waals surface area contributed by atoms with E-state index in [4.69, 9.17) is 5.11 Å². The van der Waals surface area contributed by atoms with E-state index in [0.717, 1.165) is 6.42 Å². The molecule has 14 heavy (non-hydrogen) atoms. The van der Waals surface area contributed by atoms with Crippen molar-refractivity contribution in [1.82, 2.24) is 0 Å². The molecule has 0 aromatic heterocycles. The third kappa shape index (κ3) is 3.21. The van der Waals surface area contributed by atoms with Crippen molar-refractivity contribution in [2.24, 2.45) is 5.92 Å². The van der Waals surface area contributed by atoms with Crippen molar-refractivity contribution < 1.29 is 9.90 Å². The molecule has 0 radical (unpaired) electrons. The summed E-state index contributed by atoms with van der Waals surface area (Å²) in [7, 11) is 0. The molecule has 0 amide bonds. The summed E-state index contributed by atoms with van der Waals surface area (Å²) in [6.45, 7) is 4.03. The molecular formula is C12H16O2. The quantitative estimate of drug-likeness (QED) is 0.796. The van der Waals surface area contributed by atoms with Crippen LogP contribution in [-0.2, 0) is 11.2 Å². The van der Waals surface area contributed by atoms with Gasteiger partial charge in [-0.25, -0.2) is 0 Å². The van der Waals surface area contributed by atoms with Gasteiger partial charge in [0.25, 0.3) is 0 Å². The lowest BCUT2D eigenvalue weighted by Crippen LogP contribution is -2.07. The molecule has 0 saturated heterocycles. The van der Waals surface area contributed by atoms with E-state index >= 15 is 0 Å². The maximum absolute atomic E-state index is 10.5. The van der Waals surface area contributed by atoms with Gasteiger partial charge < -0.3 is 5.11 Å². The van der Waals surface area contributed by atoms with E-state index in [2.05, 4.69) is 19.1 Å². The SMILES string of the molecule is Cc1ccccc1CC(C)CC(=O)O. The maximum Gasteiger partial charge on any atom is 0.303 e. The maximum atomic E-state index is 10.5. The normalized spacial score (nSPS) is 12.4. The van der Waals surface area contributed by atoms with E-state index in [-0.39, 0.29) is 12.3 Å². The number of benzene rings is 1. The largest absolute Gasteiger partial charge is 0.481 e. The predicted molar refractivity (Wildman–Crippen MR) is 56.3 cm³/mol. The van der Waals surface area contributed by atoms with Crippen molar-refractivity contribution in [3.05, 3.63) is 35.4 Å². The molecule has 0 spiro atoms. The smallest absolute Gasteiger partial charge is 0.303 e. The molecular weight excluding hydrogens is 176 g/mol. The molecule has 0 bridgehead atoms. The van der Waals surface area contributed by atoms with Crippen LogP contribution >= 0.6 is 0 Å². The van der Waals surface area contributed by atoms with E-state index in [0.29, 0.717) is 0 Å². The first-order valence-electron chi connectivity index (χ1n) is 4.86. The summed E-state index contributed by atoms with van der Waals surface area (Å²) >= 11 is 0. The number of hydrogen-bond donors (Lipinski definition) is 1. The van der Waals surface area contributed by atoms with Gasteiger partial charge in [-0.05, 0) is 30.4 Å². The van der Waals surface area contributed by atoms with E-state index < -0.39 is 5.97 Å². The summed E-state index contributed by atoms with van der Waals surface area (Å²) in [5, 5.41) is 8.63. The number of aliphatic carboxylic acids is 1. The first kappa shape index (κ1) is 10.8. The van der Waals surface area contributed by atoms with Gasteiger partial charge in [0.1, 0.15) is 0 Å². The second-order valence-corrected chi connectivity index (χ2v) is 3.83. The monoisotopic (exact) mass is 192 g/mol. The number of carboxylic acids is 1. The van der Waals surface area contributed by atoms with E-state index in [9.17, 15) is 4.79 Å². The molecule has 0 aliphatic heterocycles. The van der Waals surface area contributed by atoms with E-state index in [1.807, 2.05) is 19.1 Å². The first-order valence-corrected chi connectivity index (χ1v) is 4.86. The third-order valence-corrected chi connectivity index (χ3v) is 2.35. The highest BCUT2D eigenvalue weighted by atomic mass is 16.4. The number of hydrogen-bond acceptors (Lipinski definition) is 1. The summed E-state index contributed by atoms with van der Waals surface area (Å²) in [6, 6.07) is 8.12. The topological polar surface area (TPSA) is 37.3 Å². The van der Waals surface area contributed by atoms with Crippen molar-refractivity contribution in [3.63, 3.8) is 0 Å². The highest BCUT2D eigenvalue weighted by Crippen LogP contribution is 2.15. The lowest BCUT2D eigenvalue weighted by atomic mass is 9.95. The summed E-state index contributed by atoms with van der Waals surface area (Å²) in [5.74, 6) is -0.514. The molecule has 0 aliphatic carbocycles. The zero-order valence-corrected chi connectivity index (χ0v) is 8.66. The van der Waals surface area contributed by atoms with Gasteiger partial charge >= 0.3 is 5.97 Å². The number of carboxylic acid groups (broad SMARTS) is 1. The van der Waals surface area contributed by atoms with Crippen LogP contribution in [0.15, 0.2) is 24.3 Å². The van der Waals surface area contributed by atoms with Crippen LogP contribution in [0.1, 0.15) is 24.5 Å². The van der Waals surface area contributed by atoms with Crippen LogP contribution in [0.5, 0.6) is 0 Å². The van der Waals surface area contributed by atoms with Crippen LogP contribution in [0.25, 0.3) is 0 Å². The lowest BCUT2D eigenvalue weighted by molar-refractivity contribution is -0.137. The highest BCUT2D eigenvalue weighted by molar-refractivity contribution is 5.67. The van der Waals surface area contributed by atoms with Gasteiger partial charge in [-0.2, -0.15) is 0 Å². The standard InChI is InChI=1S/C12H16O2/c1-9(8-12(13)14)7-11-6-4-3-5-10(11)2/h3-6,9H,7-8H2,1-2H3,(H,13,14). The molecule has 1 rings (SSSR count). The molecule has 0 fully saturated rings. The summed E-state index contributed by atoms with van der Waals surface area (Å²) < 4.78 is 0. The Morgan fingerprint density at radius 2 is 2.07 bits per heavy atom. The number of rotatable bonds is 4. The zero-order valence-electron chi connectivity index (χ0n) is 8.66. The molecule has 1 atom stereocenters. The second-order valence-electron chi connectivity index (χ2n) is 3.83. The predicted octanol–water partition coefficient (Wildman–Crippen LogP) is 2.65. The van der Waals surface area contributed by atoms with Crippen LogP contribution < -0.4 is 0 Å². The van der Waals surface area contributed by atoms with Crippen molar-refractivity contribution in [3.8, 4) is 0 Å². The average molecular weight is 192 g/mol. The third-order valence-electron chi connectivity index (χ3n) is 2.35. The van der Waals surface area contributed by atoms with Crippen LogP contribution in [0.3, 0.4) is 0 Å². The fraction of sp³-hybridized carbons (Fsp3) is 0.417. The molecule has 1 aromatic rings. The fourth-order valence-electron chi connectivity index (χ4n) is 1.58. The summed E-state index contributed by atoms with van der Waals surface area (Å²) in [5.41, 5.74) is 2.49. The van der Waals surface area contributed by atoms with Crippen molar-refractivity contribution in [1.29, 1.82) is 0 Å². The van der Waals surface area contributed by atoms with Crippen molar-refractivity contribution in [2.75, 3.05) is 0 Å². The van der Waals surface area contributed by atoms with Gasteiger partial charge in [-0.3, -0.25) is 4.79 Å². The van der Waals surface area contributed by atoms with E-state index in [1.165, 1.54) is 11.1 Å². The van der Waals surface area contributed by atoms with Gasteiger partial charge in [-0.15, -0.1) is 0 Å².